The van der Waals surface area contributed by atoms with Crippen molar-refractivity contribution in [3.63, 3.8) is 0 Å². The summed E-state index contributed by atoms with van der Waals surface area (Å²) in [5, 5.41) is 3.06. The van der Waals surface area contributed by atoms with Gasteiger partial charge in [0, 0.05) is 2.74 Å². The Morgan fingerprint density at radius 2 is 1.90 bits per heavy atom. The molecule has 3 heteroatoms. The van der Waals surface area contributed by atoms with Crippen LogP contribution in [0.5, 0.6) is 0 Å². The summed E-state index contributed by atoms with van der Waals surface area (Å²) in [6.45, 7) is 2.28. The van der Waals surface area contributed by atoms with Crippen LogP contribution in [0.2, 0.25) is 0 Å². The van der Waals surface area contributed by atoms with Crippen molar-refractivity contribution in [3.8, 4) is 0 Å². The van der Waals surface area contributed by atoms with E-state index in [1.807, 2.05) is 0 Å². The van der Waals surface area contributed by atoms with Gasteiger partial charge < -0.3 is 16.8 Å². The van der Waals surface area contributed by atoms with Crippen LogP contribution >= 0.6 is 0 Å². The molecule has 0 bridgehead atoms. The van der Waals surface area contributed by atoms with E-state index in [1.54, 1.807) is 0 Å². The predicted molar refractivity (Wildman–Crippen MR) is 44.8 cm³/mol. The molecule has 0 aromatic rings. The van der Waals surface area contributed by atoms with E-state index in [1.165, 1.54) is 0 Å². The molecule has 0 saturated carbocycles. The second-order valence-electron chi connectivity index (χ2n) is 2.05. The van der Waals surface area contributed by atoms with Crippen LogP contribution in [-0.4, -0.2) is 26.2 Å². The zero-order valence-corrected chi connectivity index (χ0v) is 6.34. The Morgan fingerprint density at radius 1 is 1.10 bits per heavy atom. The minimum absolute atomic E-state index is 0.257. The van der Waals surface area contributed by atoms with Crippen LogP contribution in [0.1, 0.15) is 22.0 Å². The third kappa shape index (κ3) is 7.88. The van der Waals surface area contributed by atoms with Gasteiger partial charge in [-0.25, -0.2) is 0 Å². The first kappa shape index (κ1) is 6.58. The molecule has 0 aliphatic heterocycles. The molecule has 62 valence electrons. The summed E-state index contributed by atoms with van der Waals surface area (Å²) in [7, 11) is 0. The lowest BCUT2D eigenvalue weighted by Gasteiger charge is -2.01. The highest BCUT2D eigenvalue weighted by Gasteiger charge is 1.85. The molecule has 5 N–H and O–H groups in total. The zero-order valence-electron chi connectivity index (χ0n) is 8.34. The highest BCUT2D eigenvalue weighted by Crippen LogP contribution is 1.81. The zero-order chi connectivity index (χ0) is 9.40. The maximum absolute atomic E-state index is 7.45. The summed E-state index contributed by atoms with van der Waals surface area (Å²) in [5.41, 5.74) is 10.5. The summed E-state index contributed by atoms with van der Waals surface area (Å²) in [4.78, 5) is 0. The largest absolute Gasteiger partial charge is 0.330 e. The Morgan fingerprint density at radius 3 is 2.50 bits per heavy atom. The molecule has 0 radical (unpaired) electrons. The van der Waals surface area contributed by atoms with Gasteiger partial charge in [0.1, 0.15) is 0 Å². The van der Waals surface area contributed by atoms with E-state index < -0.39 is 12.8 Å². The molecule has 3 nitrogen and oxygen atoms in total. The molecule has 0 aliphatic rings. The molecular formula is C7H19N3. The van der Waals surface area contributed by atoms with E-state index in [0.717, 1.165) is 13.0 Å². The molecule has 0 saturated heterocycles. The first-order chi connectivity index (χ1) is 5.72. The van der Waals surface area contributed by atoms with Crippen molar-refractivity contribution >= 4 is 0 Å². The van der Waals surface area contributed by atoms with Gasteiger partial charge in [-0.3, -0.25) is 0 Å². The molecule has 0 aromatic heterocycles. The lowest BCUT2D eigenvalue weighted by Crippen LogP contribution is -2.19. The second kappa shape index (κ2) is 8.88. The summed E-state index contributed by atoms with van der Waals surface area (Å²) >= 11 is 0. The minimum atomic E-state index is -0.477. The van der Waals surface area contributed by atoms with Crippen molar-refractivity contribution in [1.29, 1.82) is 0 Å². The fourth-order valence-corrected chi connectivity index (χ4v) is 0.592. The van der Waals surface area contributed by atoms with Crippen molar-refractivity contribution in [2.75, 3.05) is 26.2 Å². The molecule has 0 spiro atoms. The van der Waals surface area contributed by atoms with Crippen LogP contribution in [0, 0.1) is 0 Å². The molecule has 0 aliphatic carbocycles. The third-order valence-corrected chi connectivity index (χ3v) is 1.12. The lowest BCUT2D eigenvalue weighted by molar-refractivity contribution is 0.611. The number of hydrogen-bond acceptors (Lipinski definition) is 3. The molecule has 10 heavy (non-hydrogen) atoms. The average molecular weight is 148 g/mol. The summed E-state index contributed by atoms with van der Waals surface area (Å²) in [5.74, 6) is 0. The first-order valence-electron chi connectivity index (χ1n) is 4.83. The number of hydrogen-bond donors (Lipinski definition) is 3. The summed E-state index contributed by atoms with van der Waals surface area (Å²) < 4.78 is 14.8. The van der Waals surface area contributed by atoms with Crippen molar-refractivity contribution < 1.29 is 2.74 Å². The fourth-order valence-electron chi connectivity index (χ4n) is 0.592. The topological polar surface area (TPSA) is 64.1 Å². The van der Waals surface area contributed by atoms with E-state index in [9.17, 15) is 0 Å². The number of nitrogens with two attached hydrogens (primary N) is 2. The van der Waals surface area contributed by atoms with Gasteiger partial charge in [-0.2, -0.15) is 0 Å². The Bertz CT molecular complexity index is 103. The second-order valence-corrected chi connectivity index (χ2v) is 2.05. The van der Waals surface area contributed by atoms with E-state index in [0.29, 0.717) is 13.1 Å². The van der Waals surface area contributed by atoms with Crippen LogP contribution in [-0.2, 0) is 0 Å². The standard InChI is InChI=1S/C7H19N3/c8-4-1-2-6-10-7-3-5-9/h10H,1-9H2/i1D,2+1D/t1-,2+/m1/s1. The van der Waals surface area contributed by atoms with Crippen molar-refractivity contribution in [2.24, 2.45) is 11.5 Å². The van der Waals surface area contributed by atoms with E-state index >= 15 is 0 Å². The smallest absolute Gasteiger partial charge is 0.0280 e. The maximum atomic E-state index is 7.45. The SMILES string of the molecule is [2H][C@@H](CN)[13C@H]([2H])CNCCCN. The van der Waals surface area contributed by atoms with Gasteiger partial charge in [-0.05, 0) is 45.4 Å². The Hall–Kier alpha value is -0.120. The monoisotopic (exact) mass is 148 g/mol. The molecule has 0 aromatic carbocycles. The Kier molecular flexibility index (Phi) is 5.84. The highest BCUT2D eigenvalue weighted by atomic mass is 14.9. The predicted octanol–water partition coefficient (Wildman–Crippen LogP) is -0.336. The van der Waals surface area contributed by atoms with E-state index in [-0.39, 0.29) is 6.54 Å². The van der Waals surface area contributed by atoms with Gasteiger partial charge >= 0.3 is 0 Å². The number of nitrogens with one attached hydrogen (secondary N) is 1. The highest BCUT2D eigenvalue weighted by molar-refractivity contribution is 4.49. The molecule has 0 heterocycles. The quantitative estimate of drug-likeness (QED) is 0.342. The Balaban J connectivity index is 3.24. The van der Waals surface area contributed by atoms with Crippen LogP contribution in [0.3, 0.4) is 0 Å². The van der Waals surface area contributed by atoms with Gasteiger partial charge in [0.25, 0.3) is 0 Å². The van der Waals surface area contributed by atoms with E-state index in [2.05, 4.69) is 5.32 Å². The average Bonchev–Trinajstić information content (AvgIpc) is 2.10. The molecular weight excluding hydrogens is 127 g/mol. The van der Waals surface area contributed by atoms with Crippen LogP contribution < -0.4 is 16.8 Å². The minimum Gasteiger partial charge on any atom is -0.330 e. The van der Waals surface area contributed by atoms with Gasteiger partial charge in [-0.1, -0.05) is 0 Å². The lowest BCUT2D eigenvalue weighted by atomic mass is 10.4. The van der Waals surface area contributed by atoms with Crippen molar-refractivity contribution in [1.82, 2.24) is 5.32 Å². The van der Waals surface area contributed by atoms with Crippen LogP contribution in [0.4, 0.5) is 0 Å². The molecule has 0 unspecified atom stereocenters. The third-order valence-electron chi connectivity index (χ3n) is 1.12. The van der Waals surface area contributed by atoms with E-state index in [4.69, 9.17) is 14.2 Å². The van der Waals surface area contributed by atoms with Gasteiger partial charge in [0.15, 0.2) is 0 Å². The molecule has 0 amide bonds. The molecule has 0 rings (SSSR count). The summed E-state index contributed by atoms with van der Waals surface area (Å²) in [6, 6.07) is 0. The molecule has 0 fully saturated rings. The fraction of sp³-hybridized carbons (Fsp3) is 1.00. The maximum Gasteiger partial charge on any atom is 0.0280 e. The van der Waals surface area contributed by atoms with Gasteiger partial charge in [0.05, 0.1) is 0 Å². The first-order valence-corrected chi connectivity index (χ1v) is 3.67. The summed E-state index contributed by atoms with van der Waals surface area (Å²) in [6.07, 6.45) is 0.0148. The van der Waals surface area contributed by atoms with Crippen molar-refractivity contribution in [3.05, 3.63) is 0 Å². The van der Waals surface area contributed by atoms with Crippen molar-refractivity contribution in [2.45, 2.75) is 19.2 Å². The Labute approximate surface area is 66.0 Å². The van der Waals surface area contributed by atoms with Gasteiger partial charge in [-0.15, -0.1) is 0 Å². The number of rotatable bonds is 7. The van der Waals surface area contributed by atoms with Gasteiger partial charge in [0.2, 0.25) is 0 Å². The normalized spacial score (nSPS) is 19.4. The van der Waals surface area contributed by atoms with Crippen LogP contribution in [0.25, 0.3) is 0 Å². The van der Waals surface area contributed by atoms with Crippen LogP contribution in [0.15, 0.2) is 0 Å². The molecule has 2 atom stereocenters.